The highest BCUT2D eigenvalue weighted by Crippen LogP contribution is 2.23. The predicted molar refractivity (Wildman–Crippen MR) is 125 cm³/mol. The Balaban J connectivity index is 1.33. The van der Waals surface area contributed by atoms with Crippen molar-refractivity contribution in [2.24, 2.45) is 0 Å². The van der Waals surface area contributed by atoms with E-state index in [1.165, 1.54) is 16.9 Å². The third-order valence-corrected chi connectivity index (χ3v) is 6.16. The Morgan fingerprint density at radius 3 is 2.68 bits per heavy atom. The summed E-state index contributed by atoms with van der Waals surface area (Å²) in [5, 5.41) is 9.94. The Labute approximate surface area is 190 Å². The van der Waals surface area contributed by atoms with Crippen molar-refractivity contribution >= 4 is 34.7 Å². The summed E-state index contributed by atoms with van der Waals surface area (Å²) in [5.41, 5.74) is 4.28. The van der Waals surface area contributed by atoms with E-state index < -0.39 is 0 Å². The molecule has 158 valence electrons. The molecule has 1 N–H and O–H groups in total. The van der Waals surface area contributed by atoms with E-state index in [0.29, 0.717) is 28.9 Å². The van der Waals surface area contributed by atoms with Crippen LogP contribution in [0.2, 0.25) is 5.02 Å². The molecule has 2 aromatic carbocycles. The highest BCUT2D eigenvalue weighted by Gasteiger charge is 2.12. The number of carbonyl (C=O) groups excluding carboxylic acids is 1. The summed E-state index contributed by atoms with van der Waals surface area (Å²) in [6, 6.07) is 17.5. The van der Waals surface area contributed by atoms with Gasteiger partial charge in [0.05, 0.1) is 11.4 Å². The Morgan fingerprint density at radius 1 is 1.10 bits per heavy atom. The molecule has 0 aliphatic rings. The fourth-order valence-corrected chi connectivity index (χ4v) is 3.93. The summed E-state index contributed by atoms with van der Waals surface area (Å²) >= 11 is 7.43. The molecule has 31 heavy (non-hydrogen) atoms. The zero-order chi connectivity index (χ0) is 21.8. The molecule has 5 nitrogen and oxygen atoms in total. The number of amides is 1. The summed E-state index contributed by atoms with van der Waals surface area (Å²) in [6.07, 6.45) is 1.86. The van der Waals surface area contributed by atoms with Crippen LogP contribution in [0.1, 0.15) is 31.9 Å². The minimum Gasteiger partial charge on any atom is -0.489 e. The minimum absolute atomic E-state index is 0.181. The van der Waals surface area contributed by atoms with Crippen LogP contribution in [0, 0.1) is 13.8 Å². The molecule has 0 bridgehead atoms. The molecule has 4 rings (SSSR count). The molecule has 2 aromatic heterocycles. The van der Waals surface area contributed by atoms with Crippen molar-refractivity contribution in [1.29, 1.82) is 0 Å². The van der Waals surface area contributed by atoms with Crippen molar-refractivity contribution in [3.8, 4) is 5.75 Å². The SMILES string of the molecule is Cc1ccc(Cn2ccc(NC(=O)c3cc(COc4ccc(Cl)c(C)c4)cs3)n2)cc1. The number of hydrogen-bond acceptors (Lipinski definition) is 4. The lowest BCUT2D eigenvalue weighted by Gasteiger charge is -2.06. The molecular weight excluding hydrogens is 430 g/mol. The van der Waals surface area contributed by atoms with Gasteiger partial charge in [-0.2, -0.15) is 5.10 Å². The van der Waals surface area contributed by atoms with Gasteiger partial charge in [-0.15, -0.1) is 11.3 Å². The number of thiophene rings is 1. The smallest absolute Gasteiger partial charge is 0.266 e. The largest absolute Gasteiger partial charge is 0.489 e. The lowest BCUT2D eigenvalue weighted by atomic mass is 10.1. The van der Waals surface area contributed by atoms with Crippen LogP contribution >= 0.6 is 22.9 Å². The van der Waals surface area contributed by atoms with Gasteiger partial charge in [-0.1, -0.05) is 41.4 Å². The number of nitrogens with one attached hydrogen (secondary N) is 1. The number of halogens is 1. The van der Waals surface area contributed by atoms with Crippen LogP contribution in [0.25, 0.3) is 0 Å². The molecule has 0 aliphatic heterocycles. The predicted octanol–water partition coefficient (Wildman–Crippen LogP) is 6.09. The summed E-state index contributed by atoms with van der Waals surface area (Å²) in [4.78, 5) is 13.2. The molecule has 0 radical (unpaired) electrons. The molecule has 0 fully saturated rings. The zero-order valence-corrected chi connectivity index (χ0v) is 18.8. The minimum atomic E-state index is -0.181. The molecule has 4 aromatic rings. The maximum atomic E-state index is 12.6. The van der Waals surface area contributed by atoms with Crippen molar-refractivity contribution in [3.05, 3.63) is 98.3 Å². The van der Waals surface area contributed by atoms with Gasteiger partial charge in [0.15, 0.2) is 5.82 Å². The molecule has 0 spiro atoms. The van der Waals surface area contributed by atoms with E-state index in [-0.39, 0.29) is 5.91 Å². The highest BCUT2D eigenvalue weighted by molar-refractivity contribution is 7.12. The number of nitrogens with zero attached hydrogens (tertiary/aromatic N) is 2. The van der Waals surface area contributed by atoms with Crippen LogP contribution in [-0.2, 0) is 13.2 Å². The van der Waals surface area contributed by atoms with E-state index >= 15 is 0 Å². The topological polar surface area (TPSA) is 56.2 Å². The lowest BCUT2D eigenvalue weighted by Crippen LogP contribution is -2.11. The van der Waals surface area contributed by atoms with Crippen molar-refractivity contribution in [2.75, 3.05) is 5.32 Å². The fourth-order valence-electron chi connectivity index (χ4n) is 3.02. The molecule has 0 unspecified atom stereocenters. The fraction of sp³-hybridized carbons (Fsp3) is 0.167. The molecule has 0 saturated heterocycles. The number of aromatic nitrogens is 2. The average molecular weight is 452 g/mol. The van der Waals surface area contributed by atoms with Crippen LogP contribution in [0.15, 0.2) is 66.2 Å². The van der Waals surface area contributed by atoms with E-state index in [0.717, 1.165) is 22.4 Å². The monoisotopic (exact) mass is 451 g/mol. The van der Waals surface area contributed by atoms with Gasteiger partial charge < -0.3 is 10.1 Å². The lowest BCUT2D eigenvalue weighted by molar-refractivity contribution is 0.103. The Bertz CT molecular complexity index is 1200. The number of hydrogen-bond donors (Lipinski definition) is 1. The first-order chi connectivity index (χ1) is 15.0. The zero-order valence-electron chi connectivity index (χ0n) is 17.3. The number of carbonyl (C=O) groups is 1. The number of ether oxygens (including phenoxy) is 1. The molecule has 2 heterocycles. The summed E-state index contributed by atoms with van der Waals surface area (Å²) in [7, 11) is 0. The Kier molecular flexibility index (Phi) is 6.39. The standard InChI is InChI=1S/C24H22ClN3O2S/c1-16-3-5-18(6-4-16)13-28-10-9-23(27-28)26-24(29)22-12-19(15-31-22)14-30-20-7-8-21(25)17(2)11-20/h3-12,15H,13-14H2,1-2H3,(H,26,27,29). The first-order valence-corrected chi connectivity index (χ1v) is 11.1. The van der Waals surface area contributed by atoms with E-state index in [9.17, 15) is 4.79 Å². The van der Waals surface area contributed by atoms with Crippen molar-refractivity contribution < 1.29 is 9.53 Å². The van der Waals surface area contributed by atoms with Gasteiger partial charge in [-0.25, -0.2) is 0 Å². The van der Waals surface area contributed by atoms with Gasteiger partial charge in [0.1, 0.15) is 12.4 Å². The van der Waals surface area contributed by atoms with E-state index in [4.69, 9.17) is 16.3 Å². The number of anilines is 1. The molecule has 0 aliphatic carbocycles. The van der Waals surface area contributed by atoms with Crippen LogP contribution in [0.5, 0.6) is 5.75 Å². The maximum absolute atomic E-state index is 12.6. The van der Waals surface area contributed by atoms with Gasteiger partial charge in [-0.05, 0) is 54.6 Å². The van der Waals surface area contributed by atoms with Gasteiger partial charge in [0.25, 0.3) is 5.91 Å². The second kappa shape index (κ2) is 9.37. The summed E-state index contributed by atoms with van der Waals surface area (Å²) in [5.74, 6) is 1.09. The van der Waals surface area contributed by atoms with Gasteiger partial charge in [0, 0.05) is 22.8 Å². The summed E-state index contributed by atoms with van der Waals surface area (Å²) < 4.78 is 7.61. The van der Waals surface area contributed by atoms with Crippen molar-refractivity contribution in [3.63, 3.8) is 0 Å². The Hall–Kier alpha value is -3.09. The quantitative estimate of drug-likeness (QED) is 0.369. The summed E-state index contributed by atoms with van der Waals surface area (Å²) in [6.45, 7) is 5.03. The third-order valence-electron chi connectivity index (χ3n) is 4.76. The van der Waals surface area contributed by atoms with Crippen LogP contribution in [-0.4, -0.2) is 15.7 Å². The highest BCUT2D eigenvalue weighted by atomic mass is 35.5. The van der Waals surface area contributed by atoms with Crippen LogP contribution in [0.4, 0.5) is 5.82 Å². The molecule has 0 saturated carbocycles. The number of benzene rings is 2. The van der Waals surface area contributed by atoms with Crippen LogP contribution < -0.4 is 10.1 Å². The Morgan fingerprint density at radius 2 is 1.90 bits per heavy atom. The molecule has 1 amide bonds. The van der Waals surface area contributed by atoms with Crippen molar-refractivity contribution in [2.45, 2.75) is 27.0 Å². The number of aryl methyl sites for hydroxylation is 2. The number of rotatable bonds is 7. The van der Waals surface area contributed by atoms with Gasteiger partial charge in [-0.3, -0.25) is 9.48 Å². The van der Waals surface area contributed by atoms with E-state index in [2.05, 4.69) is 41.6 Å². The van der Waals surface area contributed by atoms with Crippen molar-refractivity contribution in [1.82, 2.24) is 9.78 Å². The first kappa shape index (κ1) is 21.2. The molecular formula is C24H22ClN3O2S. The van der Waals surface area contributed by atoms with Crippen LogP contribution in [0.3, 0.4) is 0 Å². The average Bonchev–Trinajstić information content (AvgIpc) is 3.40. The van der Waals surface area contributed by atoms with Gasteiger partial charge in [0.2, 0.25) is 0 Å². The maximum Gasteiger partial charge on any atom is 0.266 e. The van der Waals surface area contributed by atoms with E-state index in [1.54, 1.807) is 6.07 Å². The third kappa shape index (κ3) is 5.54. The molecule has 7 heteroatoms. The van der Waals surface area contributed by atoms with Gasteiger partial charge >= 0.3 is 0 Å². The second-order valence-electron chi connectivity index (χ2n) is 7.36. The molecule has 0 atom stereocenters. The second-order valence-corrected chi connectivity index (χ2v) is 8.68. The normalized spacial score (nSPS) is 10.8. The first-order valence-electron chi connectivity index (χ1n) is 9.83. The van der Waals surface area contributed by atoms with E-state index in [1.807, 2.05) is 47.4 Å².